The Hall–Kier alpha value is -3.33. The Morgan fingerprint density at radius 1 is 0.521 bits per heavy atom. The van der Waals surface area contributed by atoms with Crippen molar-refractivity contribution in [2.45, 2.75) is 226 Å². The van der Waals surface area contributed by atoms with Gasteiger partial charge in [-0.25, -0.2) is 4.57 Å². The molecule has 0 aliphatic carbocycles. The number of likely N-dealkylation sites (N-methyl/N-ethyl adjacent to an activating group) is 1. The standard InChI is InChI=1S/C61H105N2O7P/c1-7-10-13-16-19-22-25-27-29-30-31-32-34-35-38-41-44-47-50-53-60(64)62-58(57-69-71(66,67)68-56-55-63(4,5)6)59(52-49-46-43-40-37-24-21-18-15-12-9-3)70-61(65)54-51-48-45-42-39-36-33-28-26-23-20-17-14-11-8-2/h10,13,19-20,22-23,26-29,31-32,35,38,44,47,49,52,58-59H,7-9,11-12,14-18,21,24-25,30,33-34,36-37,39-43,45-46,48,50-51,53-57H2,1-6H3,(H-,62,64,66,67)/p+1/b13-10-,22-19-,23-20+,28-26+,29-27-,32-31-,38-35-,47-44-,52-49-. The van der Waals surface area contributed by atoms with Gasteiger partial charge in [-0.1, -0.05) is 214 Å². The van der Waals surface area contributed by atoms with Gasteiger partial charge in [0.1, 0.15) is 19.3 Å². The van der Waals surface area contributed by atoms with E-state index < -0.39 is 20.0 Å². The number of carbonyl (C=O) groups excluding carboxylic acids is 2. The third-order valence-corrected chi connectivity index (χ3v) is 12.7. The maximum Gasteiger partial charge on any atom is 0.472 e. The number of phosphoric ester groups is 1. The maximum absolute atomic E-state index is 13.5. The molecule has 1 amide bonds. The summed E-state index contributed by atoms with van der Waals surface area (Å²) >= 11 is 0. The molecule has 71 heavy (non-hydrogen) atoms. The molecule has 3 unspecified atom stereocenters. The van der Waals surface area contributed by atoms with Crippen LogP contribution in [0.25, 0.3) is 0 Å². The Balaban J connectivity index is 5.48. The van der Waals surface area contributed by atoms with E-state index in [1.807, 2.05) is 45.4 Å². The van der Waals surface area contributed by atoms with E-state index in [1.54, 1.807) is 0 Å². The van der Waals surface area contributed by atoms with Crippen LogP contribution >= 0.6 is 7.82 Å². The van der Waals surface area contributed by atoms with Gasteiger partial charge in [0.15, 0.2) is 0 Å². The predicted molar refractivity (Wildman–Crippen MR) is 304 cm³/mol. The molecule has 3 atom stereocenters. The fourth-order valence-electron chi connectivity index (χ4n) is 7.36. The number of nitrogens with one attached hydrogen (secondary N) is 1. The van der Waals surface area contributed by atoms with E-state index in [4.69, 9.17) is 13.8 Å². The van der Waals surface area contributed by atoms with E-state index in [9.17, 15) is 19.0 Å². The number of nitrogens with zero attached hydrogens (tertiary/aromatic N) is 1. The molecule has 0 aliphatic heterocycles. The fraction of sp³-hybridized carbons (Fsp3) is 0.672. The van der Waals surface area contributed by atoms with Crippen molar-refractivity contribution in [2.24, 2.45) is 0 Å². The molecule has 0 saturated heterocycles. The molecule has 9 nitrogen and oxygen atoms in total. The predicted octanol–water partition coefficient (Wildman–Crippen LogP) is 17.0. The number of phosphoric acid groups is 1. The summed E-state index contributed by atoms with van der Waals surface area (Å²) in [6.45, 7) is 6.77. The first-order valence-electron chi connectivity index (χ1n) is 28.2. The lowest BCUT2D eigenvalue weighted by atomic mass is 10.1. The highest BCUT2D eigenvalue weighted by molar-refractivity contribution is 7.47. The third-order valence-electron chi connectivity index (χ3n) is 11.7. The molecule has 406 valence electrons. The number of unbranched alkanes of at least 4 members (excludes halogenated alkanes) is 18. The van der Waals surface area contributed by atoms with Crippen molar-refractivity contribution in [1.82, 2.24) is 5.32 Å². The molecule has 0 bridgehead atoms. The summed E-state index contributed by atoms with van der Waals surface area (Å²) < 4.78 is 30.5. The monoisotopic (exact) mass is 1010 g/mol. The average molecular weight is 1010 g/mol. The topological polar surface area (TPSA) is 111 Å². The van der Waals surface area contributed by atoms with Gasteiger partial charge in [-0.15, -0.1) is 0 Å². The van der Waals surface area contributed by atoms with Gasteiger partial charge in [0.2, 0.25) is 5.91 Å². The van der Waals surface area contributed by atoms with Crippen LogP contribution in [0.1, 0.15) is 213 Å². The Kier molecular flexibility index (Phi) is 47.9. The minimum atomic E-state index is -4.47. The van der Waals surface area contributed by atoms with Crippen molar-refractivity contribution in [3.63, 3.8) is 0 Å². The number of hydrogen-bond acceptors (Lipinski definition) is 6. The van der Waals surface area contributed by atoms with Crippen molar-refractivity contribution in [3.05, 3.63) is 109 Å². The first kappa shape index (κ1) is 67.7. The van der Waals surface area contributed by atoms with Crippen molar-refractivity contribution in [3.8, 4) is 0 Å². The van der Waals surface area contributed by atoms with Crippen LogP contribution in [-0.2, 0) is 27.9 Å². The average Bonchev–Trinajstić information content (AvgIpc) is 3.33. The highest BCUT2D eigenvalue weighted by Crippen LogP contribution is 2.43. The molecule has 0 aromatic heterocycles. The van der Waals surface area contributed by atoms with Crippen LogP contribution in [0.15, 0.2) is 109 Å². The van der Waals surface area contributed by atoms with Crippen LogP contribution in [0.3, 0.4) is 0 Å². The molecular formula is C61H106N2O7P+. The van der Waals surface area contributed by atoms with Crippen LogP contribution < -0.4 is 5.32 Å². The van der Waals surface area contributed by atoms with Gasteiger partial charge >= 0.3 is 13.8 Å². The van der Waals surface area contributed by atoms with E-state index >= 15 is 0 Å². The van der Waals surface area contributed by atoms with Gasteiger partial charge in [0.05, 0.1) is 33.8 Å². The second kappa shape index (κ2) is 50.2. The highest BCUT2D eigenvalue weighted by atomic mass is 31.2. The van der Waals surface area contributed by atoms with Gasteiger partial charge in [0.25, 0.3) is 0 Å². The third kappa shape index (κ3) is 51.4. The molecule has 0 aliphatic rings. The van der Waals surface area contributed by atoms with Crippen molar-refractivity contribution in [2.75, 3.05) is 40.9 Å². The zero-order valence-corrected chi connectivity index (χ0v) is 47.1. The number of carbonyl (C=O) groups is 2. The summed E-state index contributed by atoms with van der Waals surface area (Å²) in [6.07, 6.45) is 68.1. The number of rotatable bonds is 49. The molecule has 2 N–H and O–H groups in total. The molecule has 0 rings (SSSR count). The second-order valence-electron chi connectivity index (χ2n) is 19.8. The van der Waals surface area contributed by atoms with Crippen molar-refractivity contribution >= 4 is 19.7 Å². The Morgan fingerprint density at radius 2 is 0.958 bits per heavy atom. The summed E-state index contributed by atoms with van der Waals surface area (Å²) in [6, 6.07) is -0.899. The van der Waals surface area contributed by atoms with Crippen LogP contribution in [0.5, 0.6) is 0 Å². The first-order chi connectivity index (χ1) is 34.4. The fourth-order valence-corrected chi connectivity index (χ4v) is 8.10. The normalized spacial score (nSPS) is 14.6. The quantitative estimate of drug-likeness (QED) is 0.0156. The number of quaternary nitrogens is 1. The second-order valence-corrected chi connectivity index (χ2v) is 21.2. The number of esters is 1. The van der Waals surface area contributed by atoms with E-state index in [2.05, 4.69) is 111 Å². The minimum Gasteiger partial charge on any atom is -0.456 e. The smallest absolute Gasteiger partial charge is 0.456 e. The minimum absolute atomic E-state index is 0.0191. The molecule has 0 fully saturated rings. The summed E-state index contributed by atoms with van der Waals surface area (Å²) in [4.78, 5) is 37.5. The zero-order chi connectivity index (χ0) is 52.2. The van der Waals surface area contributed by atoms with Gasteiger partial charge in [-0.3, -0.25) is 18.6 Å². The summed E-state index contributed by atoms with van der Waals surface area (Å²) in [5, 5.41) is 2.99. The molecule has 0 radical (unpaired) electrons. The Labute approximate surface area is 436 Å². The number of hydrogen-bond donors (Lipinski definition) is 2. The Bertz CT molecular complexity index is 1580. The number of allylic oxidation sites excluding steroid dienone is 17. The summed E-state index contributed by atoms with van der Waals surface area (Å²) in [5.74, 6) is -0.626. The van der Waals surface area contributed by atoms with E-state index in [0.717, 1.165) is 103 Å². The molecule has 0 saturated carbocycles. The molecule has 10 heteroatoms. The first-order valence-corrected chi connectivity index (χ1v) is 29.7. The lowest BCUT2D eigenvalue weighted by Crippen LogP contribution is -2.47. The van der Waals surface area contributed by atoms with Crippen molar-refractivity contribution < 1.29 is 37.3 Å². The number of ether oxygens (including phenoxy) is 1. The molecule has 0 aromatic carbocycles. The Morgan fingerprint density at radius 3 is 1.46 bits per heavy atom. The van der Waals surface area contributed by atoms with Gasteiger partial charge in [-0.05, 0) is 96.0 Å². The summed E-state index contributed by atoms with van der Waals surface area (Å²) in [5.41, 5.74) is 0. The molecule has 0 aromatic rings. The molecule has 0 spiro atoms. The van der Waals surface area contributed by atoms with Gasteiger partial charge < -0.3 is 19.4 Å². The van der Waals surface area contributed by atoms with Crippen LogP contribution in [0.4, 0.5) is 0 Å². The zero-order valence-electron chi connectivity index (χ0n) is 46.2. The van der Waals surface area contributed by atoms with Crippen LogP contribution in [0, 0.1) is 0 Å². The maximum atomic E-state index is 13.5. The van der Waals surface area contributed by atoms with Gasteiger partial charge in [-0.2, -0.15) is 0 Å². The molecular weight excluding hydrogens is 904 g/mol. The lowest BCUT2D eigenvalue weighted by molar-refractivity contribution is -0.870. The lowest BCUT2D eigenvalue weighted by Gasteiger charge is -2.27. The number of amides is 1. The largest absolute Gasteiger partial charge is 0.472 e. The van der Waals surface area contributed by atoms with E-state index in [0.29, 0.717) is 23.9 Å². The molecule has 0 heterocycles. The SMILES string of the molecule is CC/C=C\C/C=C\C/C=C\C/C=C\C/C=C\C/C=C\CCC(=O)NC(COP(=O)(O)OCC[N+](C)(C)C)C(/C=C\CCCCCCCCCCC)OC(=O)CCCCCCCC/C=C/C=C/CCCCC. The summed E-state index contributed by atoms with van der Waals surface area (Å²) in [7, 11) is 1.43. The van der Waals surface area contributed by atoms with Crippen LogP contribution in [0.2, 0.25) is 0 Å². The van der Waals surface area contributed by atoms with Crippen LogP contribution in [-0.4, -0.2) is 74.3 Å². The van der Waals surface area contributed by atoms with Gasteiger partial charge in [0, 0.05) is 12.8 Å². The van der Waals surface area contributed by atoms with Crippen molar-refractivity contribution in [1.29, 1.82) is 0 Å². The van der Waals surface area contributed by atoms with E-state index in [1.165, 1.54) is 64.2 Å². The van der Waals surface area contributed by atoms with E-state index in [-0.39, 0.29) is 37.9 Å². The highest BCUT2D eigenvalue weighted by Gasteiger charge is 2.30.